The summed E-state index contributed by atoms with van der Waals surface area (Å²) in [4.78, 5) is 2.23. The SMILES string of the molecule is CC(C)CC(CN(C)C)NC(C)c1ccc(Br)cc1Cl. The lowest BCUT2D eigenvalue weighted by molar-refractivity contribution is 0.291. The highest BCUT2D eigenvalue weighted by Gasteiger charge is 2.17. The molecule has 0 saturated heterocycles. The smallest absolute Gasteiger partial charge is 0.0464 e. The molecule has 1 N–H and O–H groups in total. The summed E-state index contributed by atoms with van der Waals surface area (Å²) in [6, 6.07) is 6.81. The minimum Gasteiger partial charge on any atom is -0.308 e. The van der Waals surface area contributed by atoms with Gasteiger partial charge in [0, 0.05) is 28.1 Å². The van der Waals surface area contributed by atoms with E-state index in [0.29, 0.717) is 12.0 Å². The summed E-state index contributed by atoms with van der Waals surface area (Å²) in [5.74, 6) is 0.681. The van der Waals surface area contributed by atoms with Crippen molar-refractivity contribution in [2.24, 2.45) is 5.92 Å². The van der Waals surface area contributed by atoms with Gasteiger partial charge in [-0.25, -0.2) is 0 Å². The van der Waals surface area contributed by atoms with Crippen molar-refractivity contribution in [3.8, 4) is 0 Å². The average Bonchev–Trinajstić information content (AvgIpc) is 2.26. The van der Waals surface area contributed by atoms with Gasteiger partial charge in [-0.2, -0.15) is 0 Å². The van der Waals surface area contributed by atoms with Crippen LogP contribution in [0.3, 0.4) is 0 Å². The van der Waals surface area contributed by atoms with Crippen LogP contribution in [-0.2, 0) is 0 Å². The van der Waals surface area contributed by atoms with Gasteiger partial charge in [0.1, 0.15) is 0 Å². The molecular weight excluding hydrogens is 336 g/mol. The van der Waals surface area contributed by atoms with Gasteiger partial charge in [0.05, 0.1) is 0 Å². The van der Waals surface area contributed by atoms with Crippen molar-refractivity contribution in [1.82, 2.24) is 10.2 Å². The van der Waals surface area contributed by atoms with E-state index >= 15 is 0 Å². The van der Waals surface area contributed by atoms with Crippen LogP contribution in [0.2, 0.25) is 5.02 Å². The Morgan fingerprint density at radius 1 is 1.25 bits per heavy atom. The largest absolute Gasteiger partial charge is 0.308 e. The zero-order chi connectivity index (χ0) is 15.3. The van der Waals surface area contributed by atoms with Gasteiger partial charge in [-0.15, -0.1) is 0 Å². The van der Waals surface area contributed by atoms with Gasteiger partial charge in [0.25, 0.3) is 0 Å². The molecule has 0 heterocycles. The number of nitrogens with zero attached hydrogens (tertiary/aromatic N) is 1. The van der Waals surface area contributed by atoms with E-state index < -0.39 is 0 Å². The van der Waals surface area contributed by atoms with E-state index in [-0.39, 0.29) is 6.04 Å². The van der Waals surface area contributed by atoms with Gasteiger partial charge in [-0.3, -0.25) is 0 Å². The van der Waals surface area contributed by atoms with Crippen LogP contribution >= 0.6 is 27.5 Å². The summed E-state index contributed by atoms with van der Waals surface area (Å²) in [6.07, 6.45) is 1.16. The van der Waals surface area contributed by atoms with Crippen LogP contribution in [0.25, 0.3) is 0 Å². The third-order valence-electron chi connectivity index (χ3n) is 3.26. The molecule has 0 fully saturated rings. The van der Waals surface area contributed by atoms with Crippen molar-refractivity contribution < 1.29 is 0 Å². The van der Waals surface area contributed by atoms with Crippen molar-refractivity contribution in [3.05, 3.63) is 33.3 Å². The second kappa shape index (κ2) is 8.38. The molecule has 4 heteroatoms. The maximum Gasteiger partial charge on any atom is 0.0464 e. The summed E-state index contributed by atoms with van der Waals surface area (Å²) < 4.78 is 1.02. The Bertz CT molecular complexity index is 411. The van der Waals surface area contributed by atoms with E-state index in [1.54, 1.807) is 0 Å². The van der Waals surface area contributed by atoms with Gasteiger partial charge in [-0.05, 0) is 51.1 Å². The van der Waals surface area contributed by atoms with Gasteiger partial charge >= 0.3 is 0 Å². The summed E-state index contributed by atoms with van der Waals surface area (Å²) in [5, 5.41) is 4.53. The highest BCUT2D eigenvalue weighted by Crippen LogP contribution is 2.27. The number of rotatable bonds is 7. The van der Waals surface area contributed by atoms with Gasteiger partial charge in [0.2, 0.25) is 0 Å². The standard InChI is InChI=1S/C16H26BrClN2/c1-11(2)8-14(10-20(4)5)19-12(3)15-7-6-13(17)9-16(15)18/h6-7,9,11-12,14,19H,8,10H2,1-5H3. The molecule has 0 radical (unpaired) electrons. The third kappa shape index (κ3) is 6.13. The molecule has 0 aliphatic heterocycles. The lowest BCUT2D eigenvalue weighted by Gasteiger charge is -2.28. The normalized spacial score (nSPS) is 14.8. The topological polar surface area (TPSA) is 15.3 Å². The zero-order valence-corrected chi connectivity index (χ0v) is 15.4. The summed E-state index contributed by atoms with van der Waals surface area (Å²) in [6.45, 7) is 7.75. The Morgan fingerprint density at radius 3 is 2.40 bits per heavy atom. The fourth-order valence-corrected chi connectivity index (χ4v) is 3.34. The van der Waals surface area contributed by atoms with Crippen molar-refractivity contribution in [2.75, 3.05) is 20.6 Å². The van der Waals surface area contributed by atoms with E-state index in [4.69, 9.17) is 11.6 Å². The number of hydrogen-bond donors (Lipinski definition) is 1. The molecule has 0 amide bonds. The molecule has 114 valence electrons. The van der Waals surface area contributed by atoms with E-state index in [1.165, 1.54) is 0 Å². The van der Waals surface area contributed by atoms with Gasteiger partial charge in [0.15, 0.2) is 0 Å². The molecule has 20 heavy (non-hydrogen) atoms. The first-order chi connectivity index (χ1) is 9.29. The van der Waals surface area contributed by atoms with Crippen LogP contribution in [0.1, 0.15) is 38.8 Å². The predicted octanol–water partition coefficient (Wildman–Crippen LogP) is 4.73. The van der Waals surface area contributed by atoms with Crippen LogP contribution in [-0.4, -0.2) is 31.6 Å². The van der Waals surface area contributed by atoms with Crippen molar-refractivity contribution in [1.29, 1.82) is 0 Å². The van der Waals surface area contributed by atoms with Crippen LogP contribution in [0.4, 0.5) is 0 Å². The minimum absolute atomic E-state index is 0.249. The number of likely N-dealkylation sites (N-methyl/N-ethyl adjacent to an activating group) is 1. The third-order valence-corrected chi connectivity index (χ3v) is 4.08. The Morgan fingerprint density at radius 2 is 1.90 bits per heavy atom. The highest BCUT2D eigenvalue weighted by atomic mass is 79.9. The minimum atomic E-state index is 0.249. The number of halogens is 2. The molecule has 0 aliphatic rings. The van der Waals surface area contributed by atoms with Crippen LogP contribution < -0.4 is 5.32 Å². The van der Waals surface area contributed by atoms with E-state index in [2.05, 4.69) is 67.1 Å². The highest BCUT2D eigenvalue weighted by molar-refractivity contribution is 9.10. The fraction of sp³-hybridized carbons (Fsp3) is 0.625. The van der Waals surface area contributed by atoms with E-state index in [0.717, 1.165) is 28.0 Å². The fourth-order valence-electron chi connectivity index (χ4n) is 2.50. The summed E-state index contributed by atoms with van der Waals surface area (Å²) >= 11 is 9.79. The summed E-state index contributed by atoms with van der Waals surface area (Å²) in [7, 11) is 4.23. The Balaban J connectivity index is 2.75. The first kappa shape index (κ1) is 18.0. The lowest BCUT2D eigenvalue weighted by atomic mass is 10.0. The maximum atomic E-state index is 6.34. The summed E-state index contributed by atoms with van der Waals surface area (Å²) in [5.41, 5.74) is 1.15. The lowest BCUT2D eigenvalue weighted by Crippen LogP contribution is -2.40. The first-order valence-electron chi connectivity index (χ1n) is 7.15. The number of benzene rings is 1. The molecule has 0 aliphatic carbocycles. The Kier molecular flexibility index (Phi) is 7.52. The van der Waals surface area contributed by atoms with Crippen molar-refractivity contribution in [2.45, 2.75) is 39.3 Å². The molecule has 1 rings (SSSR count). The van der Waals surface area contributed by atoms with Crippen molar-refractivity contribution >= 4 is 27.5 Å². The molecule has 1 aromatic carbocycles. The molecule has 0 spiro atoms. The Labute approximate surface area is 137 Å². The number of nitrogens with one attached hydrogen (secondary N) is 1. The average molecular weight is 362 g/mol. The quantitative estimate of drug-likeness (QED) is 0.755. The Hall–Kier alpha value is -0.0900. The molecule has 0 aromatic heterocycles. The molecule has 2 atom stereocenters. The molecule has 2 nitrogen and oxygen atoms in total. The zero-order valence-electron chi connectivity index (χ0n) is 13.1. The predicted molar refractivity (Wildman–Crippen MR) is 92.5 cm³/mol. The molecule has 0 bridgehead atoms. The molecule has 0 saturated carbocycles. The second-order valence-corrected chi connectivity index (χ2v) is 7.47. The van der Waals surface area contributed by atoms with Gasteiger partial charge in [-0.1, -0.05) is 47.4 Å². The monoisotopic (exact) mass is 360 g/mol. The van der Waals surface area contributed by atoms with E-state index in [1.807, 2.05) is 12.1 Å². The maximum absolute atomic E-state index is 6.34. The first-order valence-corrected chi connectivity index (χ1v) is 8.32. The molecular formula is C16H26BrClN2. The second-order valence-electron chi connectivity index (χ2n) is 6.14. The van der Waals surface area contributed by atoms with Gasteiger partial charge < -0.3 is 10.2 Å². The van der Waals surface area contributed by atoms with Crippen LogP contribution in [0.5, 0.6) is 0 Å². The molecule has 2 unspecified atom stereocenters. The molecule has 1 aromatic rings. The van der Waals surface area contributed by atoms with Crippen LogP contribution in [0.15, 0.2) is 22.7 Å². The van der Waals surface area contributed by atoms with Crippen molar-refractivity contribution in [3.63, 3.8) is 0 Å². The van der Waals surface area contributed by atoms with E-state index in [9.17, 15) is 0 Å². The number of hydrogen-bond acceptors (Lipinski definition) is 2. The van der Waals surface area contributed by atoms with Crippen LogP contribution in [0, 0.1) is 5.92 Å².